The molecule has 3 heteroatoms. The number of rotatable bonds is 5. The second kappa shape index (κ2) is 6.71. The highest BCUT2D eigenvalue weighted by molar-refractivity contribution is 9.08. The minimum atomic E-state index is -0.317. The average Bonchev–Trinajstić information content (AvgIpc) is 2.46. The number of hydrogen-bond acceptors (Lipinski definition) is 1. The van der Waals surface area contributed by atoms with Crippen molar-refractivity contribution in [2.45, 2.75) is 25.3 Å². The molecule has 0 amide bonds. The van der Waals surface area contributed by atoms with Crippen molar-refractivity contribution >= 4 is 15.9 Å². The lowest BCUT2D eigenvalue weighted by Gasteiger charge is -2.08. The van der Waals surface area contributed by atoms with Crippen LogP contribution in [0.1, 0.15) is 23.6 Å². The Kier molecular flexibility index (Phi) is 4.97. The third-order valence-electron chi connectivity index (χ3n) is 2.98. The van der Waals surface area contributed by atoms with Crippen molar-refractivity contribution in [3.05, 3.63) is 65.0 Å². The maximum Gasteiger partial charge on any atom is 0.165 e. The minimum absolute atomic E-state index is 0.296. The first kappa shape index (κ1) is 14.1. The zero-order valence-corrected chi connectivity index (χ0v) is 12.4. The molecule has 0 fully saturated rings. The van der Waals surface area contributed by atoms with E-state index in [0.29, 0.717) is 17.7 Å². The van der Waals surface area contributed by atoms with E-state index in [1.54, 1.807) is 6.07 Å². The van der Waals surface area contributed by atoms with Gasteiger partial charge in [-0.1, -0.05) is 53.2 Å². The van der Waals surface area contributed by atoms with Gasteiger partial charge < -0.3 is 4.74 Å². The van der Waals surface area contributed by atoms with E-state index in [4.69, 9.17) is 4.74 Å². The number of aryl methyl sites for hydroxylation is 1. The van der Waals surface area contributed by atoms with Gasteiger partial charge in [0.1, 0.15) is 6.61 Å². The Morgan fingerprint density at radius 3 is 2.21 bits per heavy atom. The number of alkyl halides is 1. The van der Waals surface area contributed by atoms with Gasteiger partial charge >= 0.3 is 0 Å². The maximum atomic E-state index is 13.7. The quantitative estimate of drug-likeness (QED) is 0.714. The predicted octanol–water partition coefficient (Wildman–Crippen LogP) is 4.86. The molecule has 0 atom stereocenters. The molecule has 2 rings (SSSR count). The van der Waals surface area contributed by atoms with Gasteiger partial charge in [0.15, 0.2) is 11.6 Å². The van der Waals surface area contributed by atoms with Crippen LogP contribution >= 0.6 is 15.9 Å². The summed E-state index contributed by atoms with van der Waals surface area (Å²) in [5.41, 5.74) is 3.23. The average molecular weight is 323 g/mol. The lowest BCUT2D eigenvalue weighted by atomic mass is 10.1. The minimum Gasteiger partial charge on any atom is -0.486 e. The van der Waals surface area contributed by atoms with Crippen LogP contribution in [0.5, 0.6) is 5.75 Å². The van der Waals surface area contributed by atoms with Crippen molar-refractivity contribution in [1.29, 1.82) is 0 Å². The third kappa shape index (κ3) is 3.80. The topological polar surface area (TPSA) is 9.23 Å². The monoisotopic (exact) mass is 322 g/mol. The molecular formula is C16H16BrFO. The summed E-state index contributed by atoms with van der Waals surface area (Å²) in [6.45, 7) is 2.50. The van der Waals surface area contributed by atoms with Crippen LogP contribution in [0, 0.1) is 5.82 Å². The van der Waals surface area contributed by atoms with Crippen molar-refractivity contribution in [2.75, 3.05) is 0 Å². The van der Waals surface area contributed by atoms with Crippen molar-refractivity contribution < 1.29 is 9.13 Å². The number of ether oxygens (including phenoxy) is 1. The van der Waals surface area contributed by atoms with Gasteiger partial charge in [-0.15, -0.1) is 0 Å². The van der Waals surface area contributed by atoms with Crippen LogP contribution in [0.4, 0.5) is 4.39 Å². The predicted molar refractivity (Wildman–Crippen MR) is 79.2 cm³/mol. The first-order valence-electron chi connectivity index (χ1n) is 6.28. The fourth-order valence-corrected chi connectivity index (χ4v) is 2.13. The van der Waals surface area contributed by atoms with Gasteiger partial charge in [0.2, 0.25) is 0 Å². The highest BCUT2D eigenvalue weighted by Gasteiger charge is 2.04. The molecule has 0 saturated carbocycles. The van der Waals surface area contributed by atoms with Crippen LogP contribution in [-0.4, -0.2) is 0 Å². The van der Waals surface area contributed by atoms with E-state index in [-0.39, 0.29) is 5.82 Å². The van der Waals surface area contributed by atoms with Crippen LogP contribution < -0.4 is 4.74 Å². The molecule has 2 aromatic carbocycles. The smallest absolute Gasteiger partial charge is 0.165 e. The molecule has 0 aliphatic carbocycles. The van der Waals surface area contributed by atoms with Crippen LogP contribution in [0.3, 0.4) is 0 Å². The van der Waals surface area contributed by atoms with E-state index in [1.807, 2.05) is 18.2 Å². The van der Waals surface area contributed by atoms with Gasteiger partial charge in [-0.05, 0) is 35.2 Å². The molecule has 0 bridgehead atoms. The summed E-state index contributed by atoms with van der Waals surface area (Å²) in [5, 5.41) is 0.642. The van der Waals surface area contributed by atoms with Crippen molar-refractivity contribution in [1.82, 2.24) is 0 Å². The summed E-state index contributed by atoms with van der Waals surface area (Å²) in [6.07, 6.45) is 1.02. The molecule has 2 aromatic rings. The lowest BCUT2D eigenvalue weighted by molar-refractivity contribution is 0.290. The number of halogens is 2. The summed E-state index contributed by atoms with van der Waals surface area (Å²) < 4.78 is 19.2. The Balaban J connectivity index is 2.01. The summed E-state index contributed by atoms with van der Waals surface area (Å²) in [4.78, 5) is 0. The normalized spacial score (nSPS) is 10.5. The Bertz CT molecular complexity index is 537. The molecule has 0 N–H and O–H groups in total. The molecule has 0 spiro atoms. The molecule has 19 heavy (non-hydrogen) atoms. The van der Waals surface area contributed by atoms with E-state index in [0.717, 1.165) is 17.5 Å². The van der Waals surface area contributed by atoms with Crippen LogP contribution in [-0.2, 0) is 18.4 Å². The van der Waals surface area contributed by atoms with Gasteiger partial charge in [-0.2, -0.15) is 0 Å². The SMILES string of the molecule is CCc1ccc(COc2ccc(CBr)cc2F)cc1. The highest BCUT2D eigenvalue weighted by atomic mass is 79.9. The fraction of sp³-hybridized carbons (Fsp3) is 0.250. The van der Waals surface area contributed by atoms with Crippen LogP contribution in [0.2, 0.25) is 0 Å². The number of hydrogen-bond donors (Lipinski definition) is 0. The van der Waals surface area contributed by atoms with Gasteiger partial charge in [-0.25, -0.2) is 4.39 Å². The van der Waals surface area contributed by atoms with Crippen LogP contribution in [0.25, 0.3) is 0 Å². The van der Waals surface area contributed by atoms with E-state index in [9.17, 15) is 4.39 Å². The molecule has 1 nitrogen and oxygen atoms in total. The van der Waals surface area contributed by atoms with Crippen molar-refractivity contribution in [2.24, 2.45) is 0 Å². The highest BCUT2D eigenvalue weighted by Crippen LogP contribution is 2.21. The van der Waals surface area contributed by atoms with Gasteiger partial charge in [-0.3, -0.25) is 0 Å². The zero-order chi connectivity index (χ0) is 13.7. The maximum absolute atomic E-state index is 13.7. The summed E-state index contributed by atoms with van der Waals surface area (Å²) >= 11 is 3.30. The second-order valence-electron chi connectivity index (χ2n) is 4.36. The molecule has 0 saturated heterocycles. The molecule has 0 aliphatic rings. The molecule has 0 unspecified atom stereocenters. The molecule has 0 aromatic heterocycles. The van der Waals surface area contributed by atoms with Gasteiger partial charge in [0.05, 0.1) is 0 Å². The third-order valence-corrected chi connectivity index (χ3v) is 3.62. The van der Waals surface area contributed by atoms with Crippen molar-refractivity contribution in [3.8, 4) is 5.75 Å². The molecule has 0 aliphatic heterocycles. The van der Waals surface area contributed by atoms with Crippen LogP contribution in [0.15, 0.2) is 42.5 Å². The van der Waals surface area contributed by atoms with E-state index in [1.165, 1.54) is 11.6 Å². The van der Waals surface area contributed by atoms with E-state index in [2.05, 4.69) is 35.0 Å². The van der Waals surface area contributed by atoms with E-state index < -0.39 is 0 Å². The molecule has 0 radical (unpaired) electrons. The Morgan fingerprint density at radius 2 is 1.63 bits per heavy atom. The molecule has 100 valence electrons. The largest absolute Gasteiger partial charge is 0.486 e. The standard InChI is InChI=1S/C16H16BrFO/c1-2-12-3-5-13(6-4-12)11-19-16-8-7-14(10-17)9-15(16)18/h3-9H,2,10-11H2,1H3. The zero-order valence-electron chi connectivity index (χ0n) is 10.8. The van der Waals surface area contributed by atoms with Gasteiger partial charge in [0, 0.05) is 5.33 Å². The van der Waals surface area contributed by atoms with E-state index >= 15 is 0 Å². The van der Waals surface area contributed by atoms with Gasteiger partial charge in [0.25, 0.3) is 0 Å². The summed E-state index contributed by atoms with van der Waals surface area (Å²) in [6, 6.07) is 13.2. The van der Waals surface area contributed by atoms with Crippen molar-refractivity contribution in [3.63, 3.8) is 0 Å². The first-order chi connectivity index (χ1) is 9.22. The molecular weight excluding hydrogens is 307 g/mol. The fourth-order valence-electron chi connectivity index (χ4n) is 1.78. The second-order valence-corrected chi connectivity index (χ2v) is 4.92. The Labute approximate surface area is 121 Å². The lowest BCUT2D eigenvalue weighted by Crippen LogP contribution is -1.98. The molecule has 0 heterocycles. The Morgan fingerprint density at radius 1 is 1.00 bits per heavy atom. The first-order valence-corrected chi connectivity index (χ1v) is 7.40. The Hall–Kier alpha value is -1.35. The summed E-state index contributed by atoms with van der Waals surface area (Å²) in [7, 11) is 0. The summed E-state index contributed by atoms with van der Waals surface area (Å²) in [5.74, 6) is -0.0219. The number of benzene rings is 2.